The Morgan fingerprint density at radius 3 is 2.54 bits per heavy atom. The molecule has 1 saturated heterocycles. The molecule has 1 heterocycles. The Kier molecular flexibility index (Phi) is 5.21. The first-order valence-electron chi connectivity index (χ1n) is 8.55. The number of nitrogens with zero attached hydrogens (tertiary/aromatic N) is 1. The van der Waals surface area contributed by atoms with Gasteiger partial charge in [0.05, 0.1) is 37.6 Å². The number of carboxylic acid groups (broad SMARTS) is 1. The zero-order chi connectivity index (χ0) is 20.4. The lowest BCUT2D eigenvalue weighted by Gasteiger charge is -2.19. The molecule has 8 heteroatoms. The normalized spacial score (nSPS) is 16.2. The number of imide groups is 1. The lowest BCUT2D eigenvalue weighted by Crippen LogP contribution is -2.35. The SMILES string of the molecule is COc1ccc(NC2CC(=O)N(c3cc(C(=O)O)ccc3C)C2=O)c(OC)c1. The van der Waals surface area contributed by atoms with Crippen molar-refractivity contribution in [3.8, 4) is 11.5 Å². The molecule has 28 heavy (non-hydrogen) atoms. The molecule has 0 aliphatic carbocycles. The molecule has 0 bridgehead atoms. The molecule has 1 atom stereocenters. The van der Waals surface area contributed by atoms with Gasteiger partial charge in [-0.15, -0.1) is 0 Å². The van der Waals surface area contributed by atoms with Crippen LogP contribution in [-0.4, -0.2) is 43.2 Å². The maximum atomic E-state index is 12.9. The molecule has 0 spiro atoms. The van der Waals surface area contributed by atoms with Crippen LogP contribution in [0.4, 0.5) is 11.4 Å². The van der Waals surface area contributed by atoms with E-state index in [9.17, 15) is 19.5 Å². The van der Waals surface area contributed by atoms with Crippen LogP contribution in [0.1, 0.15) is 22.3 Å². The van der Waals surface area contributed by atoms with Gasteiger partial charge in [0.15, 0.2) is 0 Å². The van der Waals surface area contributed by atoms with Crippen molar-refractivity contribution in [1.29, 1.82) is 0 Å². The summed E-state index contributed by atoms with van der Waals surface area (Å²) in [7, 11) is 3.03. The Balaban J connectivity index is 1.89. The number of aryl methyl sites for hydroxylation is 1. The average Bonchev–Trinajstić information content (AvgIpc) is 2.95. The molecular weight excluding hydrogens is 364 g/mol. The molecular formula is C20H20N2O6. The number of benzene rings is 2. The van der Waals surface area contributed by atoms with Gasteiger partial charge in [-0.3, -0.25) is 9.59 Å². The van der Waals surface area contributed by atoms with Gasteiger partial charge >= 0.3 is 5.97 Å². The summed E-state index contributed by atoms with van der Waals surface area (Å²) in [6, 6.07) is 8.64. The summed E-state index contributed by atoms with van der Waals surface area (Å²) in [4.78, 5) is 37.7. The van der Waals surface area contributed by atoms with E-state index in [2.05, 4.69) is 5.32 Å². The summed E-state index contributed by atoms with van der Waals surface area (Å²) in [6.07, 6.45) is -0.0508. The third-order valence-corrected chi connectivity index (χ3v) is 4.58. The quantitative estimate of drug-likeness (QED) is 0.737. The van der Waals surface area contributed by atoms with E-state index >= 15 is 0 Å². The molecule has 0 aromatic heterocycles. The van der Waals surface area contributed by atoms with E-state index in [4.69, 9.17) is 9.47 Å². The van der Waals surface area contributed by atoms with Crippen LogP contribution in [-0.2, 0) is 9.59 Å². The molecule has 2 amide bonds. The first-order chi connectivity index (χ1) is 13.3. The number of methoxy groups -OCH3 is 2. The molecule has 2 aromatic rings. The van der Waals surface area contributed by atoms with Crippen LogP contribution in [0.2, 0.25) is 0 Å². The fraction of sp³-hybridized carbons (Fsp3) is 0.250. The Morgan fingerprint density at radius 2 is 1.89 bits per heavy atom. The second-order valence-corrected chi connectivity index (χ2v) is 6.34. The predicted octanol–water partition coefficient (Wildman–Crippen LogP) is 2.45. The van der Waals surface area contributed by atoms with Gasteiger partial charge < -0.3 is 19.9 Å². The van der Waals surface area contributed by atoms with E-state index < -0.39 is 23.8 Å². The highest BCUT2D eigenvalue weighted by Gasteiger charge is 2.40. The minimum Gasteiger partial charge on any atom is -0.497 e. The van der Waals surface area contributed by atoms with Crippen molar-refractivity contribution in [3.63, 3.8) is 0 Å². The van der Waals surface area contributed by atoms with Gasteiger partial charge in [0.25, 0.3) is 5.91 Å². The van der Waals surface area contributed by atoms with E-state index in [-0.39, 0.29) is 17.7 Å². The Hall–Kier alpha value is -3.55. The molecule has 1 aliphatic heterocycles. The number of rotatable bonds is 6. The molecule has 0 saturated carbocycles. The molecule has 8 nitrogen and oxygen atoms in total. The van der Waals surface area contributed by atoms with Gasteiger partial charge in [-0.1, -0.05) is 6.07 Å². The maximum absolute atomic E-state index is 12.9. The zero-order valence-electron chi connectivity index (χ0n) is 15.7. The average molecular weight is 384 g/mol. The van der Waals surface area contributed by atoms with Crippen molar-refractivity contribution in [1.82, 2.24) is 0 Å². The number of hydrogen-bond acceptors (Lipinski definition) is 6. The van der Waals surface area contributed by atoms with Crippen molar-refractivity contribution >= 4 is 29.2 Å². The second kappa shape index (κ2) is 7.59. The predicted molar refractivity (Wildman–Crippen MR) is 102 cm³/mol. The van der Waals surface area contributed by atoms with E-state index in [0.29, 0.717) is 22.7 Å². The van der Waals surface area contributed by atoms with Crippen LogP contribution >= 0.6 is 0 Å². The number of hydrogen-bond donors (Lipinski definition) is 2. The third kappa shape index (κ3) is 3.48. The molecule has 3 rings (SSSR count). The van der Waals surface area contributed by atoms with Gasteiger partial charge in [-0.2, -0.15) is 0 Å². The van der Waals surface area contributed by atoms with Crippen LogP contribution in [0, 0.1) is 6.92 Å². The fourth-order valence-corrected chi connectivity index (χ4v) is 3.09. The molecule has 0 radical (unpaired) electrons. The second-order valence-electron chi connectivity index (χ2n) is 6.34. The number of carboxylic acids is 1. The first-order valence-corrected chi connectivity index (χ1v) is 8.55. The van der Waals surface area contributed by atoms with Crippen molar-refractivity contribution in [3.05, 3.63) is 47.5 Å². The lowest BCUT2D eigenvalue weighted by molar-refractivity contribution is -0.121. The zero-order valence-corrected chi connectivity index (χ0v) is 15.7. The van der Waals surface area contributed by atoms with Crippen LogP contribution in [0.25, 0.3) is 0 Å². The summed E-state index contributed by atoms with van der Waals surface area (Å²) >= 11 is 0. The monoisotopic (exact) mass is 384 g/mol. The van der Waals surface area contributed by atoms with Crippen LogP contribution in [0.5, 0.6) is 11.5 Å². The van der Waals surface area contributed by atoms with E-state index in [0.717, 1.165) is 4.90 Å². The molecule has 1 aliphatic rings. The smallest absolute Gasteiger partial charge is 0.335 e. The topological polar surface area (TPSA) is 105 Å². The highest BCUT2D eigenvalue weighted by Crippen LogP contribution is 2.33. The van der Waals surface area contributed by atoms with Crippen molar-refractivity contribution < 1.29 is 29.0 Å². The van der Waals surface area contributed by atoms with Gasteiger partial charge in [-0.05, 0) is 36.8 Å². The van der Waals surface area contributed by atoms with Gasteiger partial charge in [0.2, 0.25) is 5.91 Å². The van der Waals surface area contributed by atoms with Gasteiger partial charge in [0.1, 0.15) is 17.5 Å². The van der Waals surface area contributed by atoms with Crippen LogP contribution in [0.3, 0.4) is 0 Å². The summed E-state index contributed by atoms with van der Waals surface area (Å²) in [5, 5.41) is 12.2. The lowest BCUT2D eigenvalue weighted by atomic mass is 10.1. The van der Waals surface area contributed by atoms with Crippen molar-refractivity contribution in [2.24, 2.45) is 0 Å². The number of carbonyl (C=O) groups excluding carboxylic acids is 2. The Labute approximate surface area is 161 Å². The summed E-state index contributed by atoms with van der Waals surface area (Å²) in [5.74, 6) is -0.909. The van der Waals surface area contributed by atoms with E-state index in [1.165, 1.54) is 26.4 Å². The number of anilines is 2. The first kappa shape index (κ1) is 19.2. The number of ether oxygens (including phenoxy) is 2. The number of aromatic carboxylic acids is 1. The van der Waals surface area contributed by atoms with E-state index in [1.54, 1.807) is 31.2 Å². The minimum absolute atomic E-state index is 0.00873. The van der Waals surface area contributed by atoms with Crippen LogP contribution < -0.4 is 19.7 Å². The molecule has 2 aromatic carbocycles. The minimum atomic E-state index is -1.13. The van der Waals surface area contributed by atoms with E-state index in [1.807, 2.05) is 0 Å². The fourth-order valence-electron chi connectivity index (χ4n) is 3.09. The Morgan fingerprint density at radius 1 is 1.14 bits per heavy atom. The molecule has 146 valence electrons. The Bertz CT molecular complexity index is 956. The maximum Gasteiger partial charge on any atom is 0.335 e. The number of carbonyl (C=O) groups is 3. The van der Waals surface area contributed by atoms with Crippen molar-refractivity contribution in [2.45, 2.75) is 19.4 Å². The van der Waals surface area contributed by atoms with Crippen molar-refractivity contribution in [2.75, 3.05) is 24.4 Å². The largest absolute Gasteiger partial charge is 0.497 e. The van der Waals surface area contributed by atoms with Gasteiger partial charge in [0, 0.05) is 6.07 Å². The van der Waals surface area contributed by atoms with Crippen LogP contribution in [0.15, 0.2) is 36.4 Å². The highest BCUT2D eigenvalue weighted by molar-refractivity contribution is 6.23. The highest BCUT2D eigenvalue weighted by atomic mass is 16.5. The number of nitrogens with one attached hydrogen (secondary N) is 1. The molecule has 2 N–H and O–H groups in total. The molecule has 1 unspecified atom stereocenters. The summed E-state index contributed by atoms with van der Waals surface area (Å²) in [5.41, 5.74) is 1.47. The molecule has 1 fully saturated rings. The third-order valence-electron chi connectivity index (χ3n) is 4.58. The summed E-state index contributed by atoms with van der Waals surface area (Å²) in [6.45, 7) is 1.72. The summed E-state index contributed by atoms with van der Waals surface area (Å²) < 4.78 is 10.5. The number of amides is 2. The standard InChI is InChI=1S/C20H20N2O6/c1-11-4-5-12(20(25)26)8-16(11)22-18(23)10-15(19(22)24)21-14-7-6-13(27-2)9-17(14)28-3/h4-9,15,21H,10H2,1-3H3,(H,25,26). The van der Waals surface area contributed by atoms with Gasteiger partial charge in [-0.25, -0.2) is 9.69 Å².